The quantitative estimate of drug-likeness (QED) is 0.783. The minimum absolute atomic E-state index is 0.292. The zero-order valence-electron chi connectivity index (χ0n) is 11.0. The Morgan fingerprint density at radius 3 is 2.86 bits per heavy atom. The topological polar surface area (TPSA) is 59.4 Å². The molecule has 0 unspecified atom stereocenters. The molecule has 0 aliphatic carbocycles. The van der Waals surface area contributed by atoms with Crippen molar-refractivity contribution in [2.45, 2.75) is 13.2 Å². The minimum Gasteiger partial charge on any atom is -0.478 e. The van der Waals surface area contributed by atoms with Crippen LogP contribution in [0.5, 0.6) is 0 Å². The number of carboxylic acid groups (broad SMARTS) is 1. The van der Waals surface area contributed by atoms with Gasteiger partial charge in [0.1, 0.15) is 5.01 Å². The fraction of sp³-hybridized carbons (Fsp3) is 0.125. The molecule has 1 aliphatic heterocycles. The highest BCUT2D eigenvalue weighted by molar-refractivity contribution is 7.21. The monoisotopic (exact) mass is 297 g/mol. The van der Waals surface area contributed by atoms with Gasteiger partial charge in [0.05, 0.1) is 29.0 Å². The Morgan fingerprint density at radius 1 is 1.14 bits per heavy atom. The van der Waals surface area contributed by atoms with Gasteiger partial charge >= 0.3 is 5.97 Å². The van der Waals surface area contributed by atoms with Crippen LogP contribution in [-0.4, -0.2) is 16.1 Å². The highest BCUT2D eigenvalue weighted by atomic mass is 32.1. The molecule has 2 heterocycles. The van der Waals surface area contributed by atoms with E-state index >= 15 is 0 Å². The van der Waals surface area contributed by atoms with E-state index in [0.29, 0.717) is 18.8 Å². The van der Waals surface area contributed by atoms with Crippen LogP contribution in [0, 0.1) is 0 Å². The number of benzene rings is 2. The van der Waals surface area contributed by atoms with Crippen LogP contribution in [0.15, 0.2) is 36.4 Å². The van der Waals surface area contributed by atoms with E-state index in [1.54, 1.807) is 18.2 Å². The molecule has 1 N–H and O–H groups in total. The van der Waals surface area contributed by atoms with Crippen molar-refractivity contribution in [3.05, 3.63) is 53.1 Å². The van der Waals surface area contributed by atoms with Gasteiger partial charge in [-0.2, -0.15) is 0 Å². The average molecular weight is 297 g/mol. The number of thiazole rings is 1. The highest BCUT2D eigenvalue weighted by Crippen LogP contribution is 2.33. The second-order valence-corrected chi connectivity index (χ2v) is 6.01. The first-order valence-corrected chi connectivity index (χ1v) is 7.36. The number of carbonyl (C=O) groups is 1. The molecular weight excluding hydrogens is 286 g/mol. The molecular formula is C16H11NO3S. The largest absolute Gasteiger partial charge is 0.478 e. The highest BCUT2D eigenvalue weighted by Gasteiger charge is 2.14. The first kappa shape index (κ1) is 12.5. The summed E-state index contributed by atoms with van der Waals surface area (Å²) in [6, 6.07) is 11.3. The molecule has 5 heteroatoms. The average Bonchev–Trinajstić information content (AvgIpc) is 3.11. The van der Waals surface area contributed by atoms with Gasteiger partial charge in [-0.05, 0) is 35.4 Å². The van der Waals surface area contributed by atoms with E-state index in [-0.39, 0.29) is 0 Å². The predicted octanol–water partition coefficient (Wildman–Crippen LogP) is 3.69. The Morgan fingerprint density at radius 2 is 2.00 bits per heavy atom. The lowest BCUT2D eigenvalue weighted by molar-refractivity contribution is 0.0697. The van der Waals surface area contributed by atoms with Gasteiger partial charge in [0.25, 0.3) is 0 Å². The SMILES string of the molecule is O=C(O)c1ccc2nc(-c3ccc4c(c3)COC4)sc2c1. The van der Waals surface area contributed by atoms with Crippen molar-refractivity contribution in [2.75, 3.05) is 0 Å². The van der Waals surface area contributed by atoms with E-state index in [0.717, 1.165) is 20.8 Å². The summed E-state index contributed by atoms with van der Waals surface area (Å²) in [5.41, 5.74) is 4.61. The van der Waals surface area contributed by atoms with Crippen molar-refractivity contribution in [3.8, 4) is 10.6 Å². The van der Waals surface area contributed by atoms with Crippen LogP contribution in [-0.2, 0) is 18.0 Å². The number of ether oxygens (including phenoxy) is 1. The van der Waals surface area contributed by atoms with Gasteiger partial charge < -0.3 is 9.84 Å². The van der Waals surface area contributed by atoms with Gasteiger partial charge in [0.2, 0.25) is 0 Å². The Balaban J connectivity index is 1.81. The molecule has 0 saturated carbocycles. The molecule has 0 saturated heterocycles. The maximum Gasteiger partial charge on any atom is 0.335 e. The van der Waals surface area contributed by atoms with Gasteiger partial charge in [-0.3, -0.25) is 0 Å². The summed E-state index contributed by atoms with van der Waals surface area (Å²) in [5, 5.41) is 9.95. The summed E-state index contributed by atoms with van der Waals surface area (Å²) in [4.78, 5) is 15.6. The van der Waals surface area contributed by atoms with Gasteiger partial charge in [-0.15, -0.1) is 11.3 Å². The molecule has 21 heavy (non-hydrogen) atoms. The van der Waals surface area contributed by atoms with Crippen LogP contribution in [0.4, 0.5) is 0 Å². The maximum atomic E-state index is 11.0. The molecule has 4 rings (SSSR count). The van der Waals surface area contributed by atoms with Crippen molar-refractivity contribution in [2.24, 2.45) is 0 Å². The summed E-state index contributed by atoms with van der Waals surface area (Å²) in [6.45, 7) is 1.33. The molecule has 2 aromatic carbocycles. The summed E-state index contributed by atoms with van der Waals surface area (Å²) < 4.78 is 6.31. The van der Waals surface area contributed by atoms with Gasteiger partial charge in [0, 0.05) is 5.56 Å². The van der Waals surface area contributed by atoms with Crippen LogP contribution in [0.1, 0.15) is 21.5 Å². The molecule has 4 nitrogen and oxygen atoms in total. The van der Waals surface area contributed by atoms with Crippen LogP contribution in [0.2, 0.25) is 0 Å². The number of carboxylic acids is 1. The first-order chi connectivity index (χ1) is 10.2. The molecule has 0 radical (unpaired) electrons. The third kappa shape index (κ3) is 2.11. The number of fused-ring (bicyclic) bond motifs is 2. The fourth-order valence-electron chi connectivity index (χ4n) is 2.49. The lowest BCUT2D eigenvalue weighted by Gasteiger charge is -1.99. The van der Waals surface area contributed by atoms with E-state index in [1.165, 1.54) is 22.5 Å². The first-order valence-electron chi connectivity index (χ1n) is 6.54. The van der Waals surface area contributed by atoms with E-state index < -0.39 is 5.97 Å². The number of nitrogens with zero attached hydrogens (tertiary/aromatic N) is 1. The van der Waals surface area contributed by atoms with Crippen LogP contribution in [0.3, 0.4) is 0 Å². The molecule has 1 aromatic heterocycles. The zero-order chi connectivity index (χ0) is 14.4. The van der Waals surface area contributed by atoms with Gasteiger partial charge in [-0.25, -0.2) is 9.78 Å². The smallest absolute Gasteiger partial charge is 0.335 e. The molecule has 0 bridgehead atoms. The Kier molecular flexibility index (Phi) is 2.77. The fourth-order valence-corrected chi connectivity index (χ4v) is 3.49. The number of hydrogen-bond donors (Lipinski definition) is 1. The second-order valence-electron chi connectivity index (χ2n) is 4.98. The number of aromatic carboxylic acids is 1. The third-order valence-corrected chi connectivity index (χ3v) is 4.67. The van der Waals surface area contributed by atoms with Crippen LogP contribution in [0.25, 0.3) is 20.8 Å². The molecule has 1 aliphatic rings. The number of hydrogen-bond acceptors (Lipinski definition) is 4. The van der Waals surface area contributed by atoms with E-state index in [9.17, 15) is 4.79 Å². The molecule has 0 fully saturated rings. The lowest BCUT2D eigenvalue weighted by Crippen LogP contribution is -1.94. The Labute approximate surface area is 124 Å². The van der Waals surface area contributed by atoms with Crippen molar-refractivity contribution in [3.63, 3.8) is 0 Å². The van der Waals surface area contributed by atoms with E-state index in [1.807, 2.05) is 6.07 Å². The Bertz CT molecular complexity index is 869. The third-order valence-electron chi connectivity index (χ3n) is 3.60. The number of aromatic nitrogens is 1. The lowest BCUT2D eigenvalue weighted by atomic mass is 10.1. The van der Waals surface area contributed by atoms with Gasteiger partial charge in [-0.1, -0.05) is 12.1 Å². The number of rotatable bonds is 2. The maximum absolute atomic E-state index is 11.0. The molecule has 0 atom stereocenters. The zero-order valence-corrected chi connectivity index (χ0v) is 11.8. The predicted molar refractivity (Wildman–Crippen MR) is 80.5 cm³/mol. The van der Waals surface area contributed by atoms with Crippen LogP contribution >= 0.6 is 11.3 Å². The normalized spacial score (nSPS) is 13.5. The molecule has 3 aromatic rings. The van der Waals surface area contributed by atoms with Crippen molar-refractivity contribution < 1.29 is 14.6 Å². The molecule has 0 amide bonds. The summed E-state index contributed by atoms with van der Waals surface area (Å²) >= 11 is 1.51. The van der Waals surface area contributed by atoms with E-state index in [4.69, 9.17) is 9.84 Å². The molecule has 104 valence electrons. The second kappa shape index (κ2) is 4.65. The minimum atomic E-state index is -0.915. The van der Waals surface area contributed by atoms with Crippen molar-refractivity contribution >= 4 is 27.5 Å². The Hall–Kier alpha value is -2.24. The van der Waals surface area contributed by atoms with Crippen molar-refractivity contribution in [1.29, 1.82) is 0 Å². The summed E-state index contributed by atoms with van der Waals surface area (Å²) in [5.74, 6) is -0.915. The molecule has 0 spiro atoms. The summed E-state index contributed by atoms with van der Waals surface area (Å²) in [7, 11) is 0. The van der Waals surface area contributed by atoms with Gasteiger partial charge in [0.15, 0.2) is 0 Å². The summed E-state index contributed by atoms with van der Waals surface area (Å²) in [6.07, 6.45) is 0. The van der Waals surface area contributed by atoms with Crippen LogP contribution < -0.4 is 0 Å². The van der Waals surface area contributed by atoms with Crippen molar-refractivity contribution in [1.82, 2.24) is 4.98 Å². The standard InChI is InChI=1S/C16H11NO3S/c18-16(19)10-3-4-13-14(6-10)21-15(17-13)9-1-2-11-7-20-8-12(11)5-9/h1-6H,7-8H2,(H,18,19). The van der Waals surface area contributed by atoms with E-state index in [2.05, 4.69) is 17.1 Å².